The van der Waals surface area contributed by atoms with Gasteiger partial charge in [-0.25, -0.2) is 13.1 Å². The van der Waals surface area contributed by atoms with E-state index >= 15 is 0 Å². The number of piperidine rings is 1. The van der Waals surface area contributed by atoms with Gasteiger partial charge >= 0.3 is 0 Å². The molecule has 0 bridgehead atoms. The Morgan fingerprint density at radius 2 is 2.25 bits per heavy atom. The molecule has 0 aliphatic carbocycles. The number of hydrogen-bond acceptors (Lipinski definition) is 3. The Morgan fingerprint density at radius 1 is 1.45 bits per heavy atom. The average molecular weight is 361 g/mol. The lowest BCUT2D eigenvalue weighted by molar-refractivity contribution is 0.358. The number of rotatable bonds is 5. The van der Waals surface area contributed by atoms with E-state index in [0.717, 1.165) is 25.1 Å². The zero-order valence-electron chi connectivity index (χ0n) is 11.7. The largest absolute Gasteiger partial charge is 0.316 e. The molecule has 0 amide bonds. The quantitative estimate of drug-likeness (QED) is 0.847. The van der Waals surface area contributed by atoms with E-state index in [9.17, 15) is 8.42 Å². The maximum Gasteiger partial charge on any atom is 0.241 e. The van der Waals surface area contributed by atoms with Crippen molar-refractivity contribution in [1.82, 2.24) is 10.0 Å². The fourth-order valence-corrected chi connectivity index (χ4v) is 4.56. The molecule has 0 aromatic heterocycles. The topological polar surface area (TPSA) is 58.2 Å². The van der Waals surface area contributed by atoms with Crippen LogP contribution in [0, 0.1) is 12.8 Å². The minimum atomic E-state index is -3.43. The number of halogens is 1. The van der Waals surface area contributed by atoms with Gasteiger partial charge in [0.1, 0.15) is 0 Å². The predicted molar refractivity (Wildman–Crippen MR) is 84.3 cm³/mol. The van der Waals surface area contributed by atoms with Gasteiger partial charge in [-0.3, -0.25) is 0 Å². The second-order valence-electron chi connectivity index (χ2n) is 5.33. The first-order valence-electron chi connectivity index (χ1n) is 6.95. The van der Waals surface area contributed by atoms with E-state index < -0.39 is 10.0 Å². The molecule has 0 saturated carbocycles. The lowest BCUT2D eigenvalue weighted by Gasteiger charge is -2.22. The van der Waals surface area contributed by atoms with Gasteiger partial charge in [0.05, 0.1) is 4.90 Å². The lowest BCUT2D eigenvalue weighted by Crippen LogP contribution is -2.33. The molecule has 2 N–H and O–H groups in total. The van der Waals surface area contributed by atoms with Crippen LogP contribution in [0.5, 0.6) is 0 Å². The predicted octanol–water partition coefficient (Wildman–Crippen LogP) is 2.43. The molecule has 1 aliphatic rings. The molecule has 1 aliphatic heterocycles. The molecule has 1 aromatic carbocycles. The maximum absolute atomic E-state index is 12.3. The molecule has 1 aromatic rings. The third-order valence-electron chi connectivity index (χ3n) is 3.62. The molecule has 112 valence electrons. The van der Waals surface area contributed by atoms with Crippen LogP contribution in [0.4, 0.5) is 0 Å². The molecule has 0 radical (unpaired) electrons. The van der Waals surface area contributed by atoms with Gasteiger partial charge < -0.3 is 5.32 Å². The Labute approximate surface area is 129 Å². The molecule has 1 atom stereocenters. The molecule has 1 heterocycles. The zero-order chi connectivity index (χ0) is 14.6. The van der Waals surface area contributed by atoms with E-state index in [2.05, 4.69) is 26.0 Å². The summed E-state index contributed by atoms with van der Waals surface area (Å²) in [7, 11) is -3.43. The Balaban J connectivity index is 1.95. The van der Waals surface area contributed by atoms with Gasteiger partial charge in [-0.15, -0.1) is 0 Å². The van der Waals surface area contributed by atoms with Gasteiger partial charge in [-0.05, 0) is 78.8 Å². The fraction of sp³-hybridized carbons (Fsp3) is 0.571. The lowest BCUT2D eigenvalue weighted by atomic mass is 9.96. The molecular weight excluding hydrogens is 340 g/mol. The van der Waals surface area contributed by atoms with Crippen LogP contribution in [0.15, 0.2) is 27.6 Å². The van der Waals surface area contributed by atoms with Crippen LogP contribution in [0.3, 0.4) is 0 Å². The molecule has 6 heteroatoms. The summed E-state index contributed by atoms with van der Waals surface area (Å²) in [6.07, 6.45) is 3.25. The summed E-state index contributed by atoms with van der Waals surface area (Å²) < 4.78 is 27.9. The van der Waals surface area contributed by atoms with E-state index in [1.165, 1.54) is 12.8 Å². The third kappa shape index (κ3) is 4.28. The minimum absolute atomic E-state index is 0.319. The Morgan fingerprint density at radius 3 is 2.95 bits per heavy atom. The van der Waals surface area contributed by atoms with Gasteiger partial charge in [0, 0.05) is 11.0 Å². The summed E-state index contributed by atoms with van der Waals surface area (Å²) in [5, 5.41) is 3.35. The Bertz CT molecular complexity index is 554. The van der Waals surface area contributed by atoms with Crippen LogP contribution in [0.1, 0.15) is 24.8 Å². The number of aryl methyl sites for hydroxylation is 1. The van der Waals surface area contributed by atoms with Gasteiger partial charge in [0.15, 0.2) is 0 Å². The standard InChI is InChI=1S/C14H21BrN2O2S/c1-11-4-5-13(15)14(9-11)20(18,19)17-8-6-12-3-2-7-16-10-12/h4-5,9,12,16-17H,2-3,6-8,10H2,1H3. The van der Waals surface area contributed by atoms with E-state index in [4.69, 9.17) is 0 Å². The monoisotopic (exact) mass is 360 g/mol. The van der Waals surface area contributed by atoms with Gasteiger partial charge in [0.2, 0.25) is 10.0 Å². The van der Waals surface area contributed by atoms with E-state index in [-0.39, 0.29) is 0 Å². The summed E-state index contributed by atoms with van der Waals surface area (Å²) in [6, 6.07) is 5.35. The molecule has 1 fully saturated rings. The maximum atomic E-state index is 12.3. The molecule has 2 rings (SSSR count). The summed E-state index contributed by atoms with van der Waals surface area (Å²) in [6.45, 7) is 4.46. The van der Waals surface area contributed by atoms with Crippen molar-refractivity contribution in [3.05, 3.63) is 28.2 Å². The highest BCUT2D eigenvalue weighted by atomic mass is 79.9. The van der Waals surface area contributed by atoms with Crippen LogP contribution in [-0.4, -0.2) is 28.1 Å². The first-order valence-corrected chi connectivity index (χ1v) is 9.23. The van der Waals surface area contributed by atoms with Crippen LogP contribution < -0.4 is 10.0 Å². The van der Waals surface area contributed by atoms with Gasteiger partial charge in [0.25, 0.3) is 0 Å². The number of hydrogen-bond donors (Lipinski definition) is 2. The van der Waals surface area contributed by atoms with Crippen molar-refractivity contribution in [3.63, 3.8) is 0 Å². The minimum Gasteiger partial charge on any atom is -0.316 e. The van der Waals surface area contributed by atoms with Crippen molar-refractivity contribution in [1.29, 1.82) is 0 Å². The number of nitrogens with one attached hydrogen (secondary N) is 2. The normalized spacial score (nSPS) is 20.0. The summed E-state index contributed by atoms with van der Waals surface area (Å²) in [5.74, 6) is 0.576. The van der Waals surface area contributed by atoms with Crippen molar-refractivity contribution < 1.29 is 8.42 Å². The van der Waals surface area contributed by atoms with Crippen molar-refractivity contribution in [2.75, 3.05) is 19.6 Å². The molecule has 1 unspecified atom stereocenters. The molecule has 0 spiro atoms. The first-order chi connectivity index (χ1) is 9.49. The highest BCUT2D eigenvalue weighted by molar-refractivity contribution is 9.10. The van der Waals surface area contributed by atoms with E-state index in [0.29, 0.717) is 21.8 Å². The van der Waals surface area contributed by atoms with E-state index in [1.807, 2.05) is 13.0 Å². The summed E-state index contributed by atoms with van der Waals surface area (Å²) in [4.78, 5) is 0.319. The van der Waals surface area contributed by atoms with Crippen LogP contribution >= 0.6 is 15.9 Å². The molecule has 4 nitrogen and oxygen atoms in total. The van der Waals surface area contributed by atoms with Crippen molar-refractivity contribution in [2.45, 2.75) is 31.1 Å². The van der Waals surface area contributed by atoms with Crippen LogP contribution in [-0.2, 0) is 10.0 Å². The summed E-state index contributed by atoms with van der Waals surface area (Å²) in [5.41, 5.74) is 0.935. The smallest absolute Gasteiger partial charge is 0.241 e. The second-order valence-corrected chi connectivity index (χ2v) is 7.92. The van der Waals surface area contributed by atoms with E-state index in [1.54, 1.807) is 12.1 Å². The van der Waals surface area contributed by atoms with Crippen molar-refractivity contribution >= 4 is 26.0 Å². The number of sulfonamides is 1. The van der Waals surface area contributed by atoms with Gasteiger partial charge in [-0.1, -0.05) is 6.07 Å². The average Bonchev–Trinajstić information content (AvgIpc) is 2.42. The molecule has 1 saturated heterocycles. The first kappa shape index (κ1) is 15.9. The highest BCUT2D eigenvalue weighted by Gasteiger charge is 2.19. The fourth-order valence-electron chi connectivity index (χ4n) is 2.46. The Hall–Kier alpha value is -0.430. The number of benzene rings is 1. The molecule has 20 heavy (non-hydrogen) atoms. The Kier molecular flexibility index (Phi) is 5.60. The third-order valence-corrected chi connectivity index (χ3v) is 6.07. The van der Waals surface area contributed by atoms with Crippen LogP contribution in [0.25, 0.3) is 0 Å². The van der Waals surface area contributed by atoms with Crippen LogP contribution in [0.2, 0.25) is 0 Å². The summed E-state index contributed by atoms with van der Waals surface area (Å²) >= 11 is 3.31. The zero-order valence-corrected chi connectivity index (χ0v) is 14.1. The molecular formula is C14H21BrN2O2S. The van der Waals surface area contributed by atoms with Gasteiger partial charge in [-0.2, -0.15) is 0 Å². The SMILES string of the molecule is Cc1ccc(Br)c(S(=O)(=O)NCCC2CCCNC2)c1. The van der Waals surface area contributed by atoms with Crippen molar-refractivity contribution in [2.24, 2.45) is 5.92 Å². The van der Waals surface area contributed by atoms with Crippen molar-refractivity contribution in [3.8, 4) is 0 Å². The highest BCUT2D eigenvalue weighted by Crippen LogP contribution is 2.23. The second kappa shape index (κ2) is 7.02.